The van der Waals surface area contributed by atoms with Gasteiger partial charge in [-0.2, -0.15) is 0 Å². The number of hydrogen-bond acceptors (Lipinski definition) is 5. The van der Waals surface area contributed by atoms with Crippen LogP contribution in [0.1, 0.15) is 23.4 Å². The maximum Gasteiger partial charge on any atom is 0.246 e. The normalized spacial score (nSPS) is 19.5. The molecule has 0 saturated carbocycles. The number of aryl methyl sites for hydroxylation is 2. The number of fused-ring (bicyclic) bond motifs is 1. The Labute approximate surface area is 134 Å². The zero-order valence-electron chi connectivity index (χ0n) is 13.4. The Morgan fingerprint density at radius 1 is 1.26 bits per heavy atom. The van der Waals surface area contributed by atoms with Crippen molar-refractivity contribution in [3.8, 4) is 0 Å². The maximum atomic E-state index is 5.79. The molecule has 0 N–H and O–H groups in total. The van der Waals surface area contributed by atoms with E-state index >= 15 is 0 Å². The first-order chi connectivity index (χ1) is 11.2. The minimum atomic E-state index is -0.139. The van der Waals surface area contributed by atoms with Gasteiger partial charge in [-0.05, 0) is 11.6 Å². The smallest absolute Gasteiger partial charge is 0.246 e. The number of ether oxygens (including phenoxy) is 1. The first-order valence-electron chi connectivity index (χ1n) is 7.87. The van der Waals surface area contributed by atoms with Crippen LogP contribution in [0.25, 0.3) is 10.9 Å². The Kier molecular flexibility index (Phi) is 3.63. The van der Waals surface area contributed by atoms with Crippen molar-refractivity contribution in [3.63, 3.8) is 0 Å². The summed E-state index contributed by atoms with van der Waals surface area (Å²) in [5.74, 6) is 1.15. The van der Waals surface area contributed by atoms with E-state index in [0.717, 1.165) is 19.6 Å². The van der Waals surface area contributed by atoms with Crippen LogP contribution in [0.2, 0.25) is 0 Å². The van der Waals surface area contributed by atoms with Crippen molar-refractivity contribution >= 4 is 10.9 Å². The van der Waals surface area contributed by atoms with E-state index in [9.17, 15) is 0 Å². The van der Waals surface area contributed by atoms with Crippen molar-refractivity contribution < 1.29 is 9.15 Å². The second kappa shape index (κ2) is 5.79. The van der Waals surface area contributed by atoms with E-state index in [0.29, 0.717) is 18.4 Å². The molecule has 120 valence electrons. The van der Waals surface area contributed by atoms with E-state index in [1.807, 2.05) is 0 Å². The summed E-state index contributed by atoms with van der Waals surface area (Å²) >= 11 is 0. The van der Waals surface area contributed by atoms with Gasteiger partial charge in [-0.1, -0.05) is 18.2 Å². The number of morpholine rings is 1. The van der Waals surface area contributed by atoms with Crippen molar-refractivity contribution in [2.75, 3.05) is 19.7 Å². The third-order valence-electron chi connectivity index (χ3n) is 4.34. The average molecular weight is 312 g/mol. The van der Waals surface area contributed by atoms with E-state index in [4.69, 9.17) is 9.15 Å². The van der Waals surface area contributed by atoms with Gasteiger partial charge >= 0.3 is 0 Å². The zero-order valence-corrected chi connectivity index (χ0v) is 13.4. The van der Waals surface area contributed by atoms with Crippen LogP contribution in [0.5, 0.6) is 0 Å². The van der Waals surface area contributed by atoms with Crippen LogP contribution in [-0.4, -0.2) is 39.4 Å². The minimum absolute atomic E-state index is 0.139. The highest BCUT2D eigenvalue weighted by atomic mass is 16.5. The van der Waals surface area contributed by atoms with Crippen LogP contribution >= 0.6 is 0 Å². The number of aromatic nitrogens is 3. The quantitative estimate of drug-likeness (QED) is 0.743. The second-order valence-electron chi connectivity index (χ2n) is 6.04. The molecule has 6 heteroatoms. The summed E-state index contributed by atoms with van der Waals surface area (Å²) in [6, 6.07) is 8.51. The molecule has 0 spiro atoms. The largest absolute Gasteiger partial charge is 0.423 e. The fourth-order valence-corrected chi connectivity index (χ4v) is 3.23. The summed E-state index contributed by atoms with van der Waals surface area (Å²) in [6.07, 6.45) is 2.08. The highest BCUT2D eigenvalue weighted by molar-refractivity contribution is 5.83. The third-order valence-corrected chi connectivity index (χ3v) is 4.34. The van der Waals surface area contributed by atoms with E-state index in [-0.39, 0.29) is 6.10 Å². The van der Waals surface area contributed by atoms with Crippen LogP contribution in [0, 0.1) is 6.92 Å². The molecule has 3 aromatic rings. The lowest BCUT2D eigenvalue weighted by atomic mass is 10.1. The monoisotopic (exact) mass is 312 g/mol. The topological polar surface area (TPSA) is 56.3 Å². The van der Waals surface area contributed by atoms with Crippen molar-refractivity contribution in [2.45, 2.75) is 19.6 Å². The molecule has 1 atom stereocenters. The summed E-state index contributed by atoms with van der Waals surface area (Å²) < 4.78 is 13.5. The number of hydrogen-bond donors (Lipinski definition) is 0. The Bertz CT molecular complexity index is 823. The summed E-state index contributed by atoms with van der Waals surface area (Å²) in [6.45, 7) is 5.05. The fraction of sp³-hybridized carbons (Fsp3) is 0.412. The average Bonchev–Trinajstić information content (AvgIpc) is 3.13. The molecule has 1 saturated heterocycles. The standard InChI is InChI=1S/C17H20N4O2/c1-12-18-19-17(23-12)16-11-21(7-8-22-16)10-13-9-20(2)15-6-4-3-5-14(13)15/h3-6,9,16H,7-8,10-11H2,1-2H3. The molecule has 1 aliphatic rings. The lowest BCUT2D eigenvalue weighted by Gasteiger charge is -2.31. The fourth-order valence-electron chi connectivity index (χ4n) is 3.23. The maximum absolute atomic E-state index is 5.79. The van der Waals surface area contributed by atoms with Crippen molar-refractivity contribution in [1.82, 2.24) is 19.7 Å². The molecule has 0 amide bonds. The van der Waals surface area contributed by atoms with Crippen LogP contribution in [0.3, 0.4) is 0 Å². The Balaban J connectivity index is 1.54. The molecule has 4 rings (SSSR count). The Morgan fingerprint density at radius 3 is 2.96 bits per heavy atom. The number of para-hydroxylation sites is 1. The number of nitrogens with zero attached hydrogens (tertiary/aromatic N) is 4. The summed E-state index contributed by atoms with van der Waals surface area (Å²) in [7, 11) is 2.09. The second-order valence-corrected chi connectivity index (χ2v) is 6.04. The Morgan fingerprint density at radius 2 is 2.13 bits per heavy atom. The third kappa shape index (κ3) is 2.75. The molecule has 2 aromatic heterocycles. The zero-order chi connectivity index (χ0) is 15.8. The molecule has 0 radical (unpaired) electrons. The van der Waals surface area contributed by atoms with Gasteiger partial charge < -0.3 is 13.7 Å². The molecule has 0 bridgehead atoms. The molecule has 23 heavy (non-hydrogen) atoms. The van der Waals surface area contributed by atoms with Gasteiger partial charge in [-0.3, -0.25) is 4.90 Å². The number of benzene rings is 1. The number of rotatable bonds is 3. The van der Waals surface area contributed by atoms with Gasteiger partial charge in [-0.15, -0.1) is 10.2 Å². The van der Waals surface area contributed by atoms with Crippen molar-refractivity contribution in [1.29, 1.82) is 0 Å². The van der Waals surface area contributed by atoms with Gasteiger partial charge in [0.15, 0.2) is 0 Å². The van der Waals surface area contributed by atoms with Crippen LogP contribution in [0.4, 0.5) is 0 Å². The highest BCUT2D eigenvalue weighted by Gasteiger charge is 2.26. The van der Waals surface area contributed by atoms with Crippen molar-refractivity contribution in [2.24, 2.45) is 7.05 Å². The molecular weight excluding hydrogens is 292 g/mol. The molecule has 1 unspecified atom stereocenters. The molecule has 1 aromatic carbocycles. The van der Waals surface area contributed by atoms with Gasteiger partial charge in [0.25, 0.3) is 0 Å². The van der Waals surface area contributed by atoms with Gasteiger partial charge in [0.2, 0.25) is 11.8 Å². The van der Waals surface area contributed by atoms with Gasteiger partial charge in [0.05, 0.1) is 6.61 Å². The molecule has 0 aliphatic carbocycles. The summed E-state index contributed by atoms with van der Waals surface area (Å²) in [5, 5.41) is 9.30. The predicted octanol–water partition coefficient (Wildman–Crippen LogP) is 2.44. The van der Waals surface area contributed by atoms with Gasteiger partial charge in [-0.25, -0.2) is 0 Å². The molecular formula is C17H20N4O2. The van der Waals surface area contributed by atoms with Crippen LogP contribution in [-0.2, 0) is 18.3 Å². The molecule has 3 heterocycles. The van der Waals surface area contributed by atoms with E-state index in [1.54, 1.807) is 6.92 Å². The molecule has 1 aliphatic heterocycles. The Hall–Kier alpha value is -2.18. The van der Waals surface area contributed by atoms with E-state index in [2.05, 4.69) is 57.2 Å². The van der Waals surface area contributed by atoms with Crippen LogP contribution < -0.4 is 0 Å². The highest BCUT2D eigenvalue weighted by Crippen LogP contribution is 2.25. The SMILES string of the molecule is Cc1nnc(C2CN(Cc3cn(C)c4ccccc34)CCO2)o1. The lowest BCUT2D eigenvalue weighted by molar-refractivity contribution is -0.0456. The predicted molar refractivity (Wildman–Crippen MR) is 85.9 cm³/mol. The summed E-state index contributed by atoms with van der Waals surface area (Å²) in [5.41, 5.74) is 2.60. The molecule has 6 nitrogen and oxygen atoms in total. The van der Waals surface area contributed by atoms with Crippen LogP contribution in [0.15, 0.2) is 34.9 Å². The lowest BCUT2D eigenvalue weighted by Crippen LogP contribution is -2.37. The molecule has 1 fully saturated rings. The summed E-state index contributed by atoms with van der Waals surface area (Å²) in [4.78, 5) is 2.38. The minimum Gasteiger partial charge on any atom is -0.423 e. The van der Waals surface area contributed by atoms with Gasteiger partial charge in [0, 0.05) is 50.7 Å². The van der Waals surface area contributed by atoms with E-state index in [1.165, 1.54) is 16.5 Å². The first kappa shape index (κ1) is 14.4. The first-order valence-corrected chi connectivity index (χ1v) is 7.87. The van der Waals surface area contributed by atoms with E-state index < -0.39 is 0 Å². The van der Waals surface area contributed by atoms with Gasteiger partial charge in [0.1, 0.15) is 6.10 Å². The van der Waals surface area contributed by atoms with Crippen molar-refractivity contribution in [3.05, 3.63) is 47.8 Å².